The first kappa shape index (κ1) is 16.1. The van der Waals surface area contributed by atoms with E-state index in [1.165, 1.54) is 0 Å². The van der Waals surface area contributed by atoms with Crippen molar-refractivity contribution in [3.63, 3.8) is 0 Å². The van der Waals surface area contributed by atoms with Gasteiger partial charge < -0.3 is 12.2 Å². The molecular weight excluding hydrogens is 313 g/mol. The fourth-order valence-corrected chi connectivity index (χ4v) is 0. The maximum Gasteiger partial charge on any atom is 0 e. The first-order valence-corrected chi connectivity index (χ1v) is 0.204. The van der Waals surface area contributed by atoms with Crippen LogP contribution in [0.4, 0.5) is 0 Å². The normalized spacial score (nSPS) is 2.80. The first-order valence-electron chi connectivity index (χ1n) is 0.704. The van der Waals surface area contributed by atoms with Crippen molar-refractivity contribution in [1.82, 2.24) is 0 Å². The Labute approximate surface area is 73.4 Å². The van der Waals surface area contributed by atoms with Crippen LogP contribution in [-0.4, -0.2) is 6.77 Å². The predicted octanol–water partition coefficient (Wildman–Crippen LogP) is 0.171. The van der Waals surface area contributed by atoms with Gasteiger partial charge in [-0.2, -0.15) is 1.37 Å². The minimum Gasteiger partial charge on any atom is -0.545 e. The third-order valence-electron chi connectivity index (χ3n) is 0. The summed E-state index contributed by atoms with van der Waals surface area (Å²) in [6.07, 6.45) is 0. The van der Waals surface area contributed by atoms with Crippen molar-refractivity contribution >= 4 is 6.77 Å². The predicted molar refractivity (Wildman–Crippen MR) is 13.2 cm³/mol. The average molecular weight is 318 g/mol. The monoisotopic (exact) mass is 318 g/mol. The summed E-state index contributed by atoms with van der Waals surface area (Å²) in [5.74, 6) is 0. The van der Waals surface area contributed by atoms with Crippen LogP contribution in [0.3, 0.4) is 0 Å². The third-order valence-corrected chi connectivity index (χ3v) is 0. The summed E-state index contributed by atoms with van der Waals surface area (Å²) < 4.78 is 5.40. The van der Waals surface area contributed by atoms with Crippen LogP contribution in [-0.2, 0) is 58.6 Å². The van der Waals surface area contributed by atoms with Crippen LogP contribution < -0.4 is 0 Å². The molecule has 5 heavy (non-hydrogen) atoms. The van der Waals surface area contributed by atoms with E-state index in [2.05, 4.69) is 0 Å². The molecule has 0 atom stereocenters. The zero-order valence-corrected chi connectivity index (χ0v) is 8.67. The van der Waals surface area contributed by atoms with E-state index in [4.69, 9.17) is 6.17 Å². The van der Waals surface area contributed by atoms with Crippen LogP contribution >= 0.6 is 0 Å². The fraction of sp³-hybridized carbons (Fsp3) is 0. The van der Waals surface area contributed by atoms with Gasteiger partial charge in [0.1, 0.15) is 0 Å². The topological polar surface area (TPSA) is 17.1 Å². The summed E-state index contributed by atoms with van der Waals surface area (Å²) in [5.41, 5.74) is 0. The van der Waals surface area contributed by atoms with Gasteiger partial charge in [0.2, 0.25) is 0 Å². The molecule has 0 heterocycles. The minimum atomic E-state index is 0. The summed E-state index contributed by atoms with van der Waals surface area (Å²) in [7, 11) is 0. The fourth-order valence-electron chi connectivity index (χ4n) is 0. The van der Waals surface area contributed by atoms with Crippen molar-refractivity contribution in [3.8, 4) is 0 Å². The van der Waals surface area contributed by atoms with Crippen molar-refractivity contribution in [3.05, 3.63) is 7.43 Å². The smallest absolute Gasteiger partial charge is 0 e. The van der Waals surface area contributed by atoms with Gasteiger partial charge in [0, 0.05) is 53.8 Å². The maximum atomic E-state index is 8.35. The van der Waals surface area contributed by atoms with E-state index in [0.29, 0.717) is 0 Å². The second-order valence-corrected chi connectivity index (χ2v) is 0. The van der Waals surface area contributed by atoms with E-state index >= 15 is 0 Å². The molecule has 0 aromatic rings. The Morgan fingerprint density at radius 3 is 1.80 bits per heavy atom. The molecule has 0 aliphatic rings. The average Bonchev–Trinajstić information content (AvgIpc) is 0.918. The Kier molecular flexibility index (Phi) is 164. The van der Waals surface area contributed by atoms with Crippen molar-refractivity contribution in [2.75, 3.05) is 0 Å². The summed E-state index contributed by atoms with van der Waals surface area (Å²) in [5, 5.41) is 0. The van der Waals surface area contributed by atoms with Gasteiger partial charge in [0.15, 0.2) is 0 Å². The van der Waals surface area contributed by atoms with Crippen LogP contribution in [0, 0.1) is 7.43 Å². The quantitative estimate of drug-likeness (QED) is 0.460. The second-order valence-electron chi connectivity index (χ2n) is 0. The van der Waals surface area contributed by atoms with Gasteiger partial charge in [-0.15, -0.1) is 0 Å². The Morgan fingerprint density at radius 2 is 1.80 bits per heavy atom. The summed E-state index contributed by atoms with van der Waals surface area (Å²) in [6.45, 7) is 0.750. The molecule has 0 unspecified atom stereocenters. The van der Waals surface area contributed by atoms with Crippen molar-refractivity contribution in [2.24, 2.45) is 0 Å². The molecule has 3 heteroatoms. The van der Waals surface area contributed by atoms with Crippen molar-refractivity contribution in [1.29, 1.82) is 0 Å². The molecule has 0 saturated heterocycles. The van der Waals surface area contributed by atoms with Gasteiger partial charge in [0.25, 0.3) is 0 Å². The summed E-state index contributed by atoms with van der Waals surface area (Å²) >= 11 is 0. The van der Waals surface area contributed by atoms with Crippen molar-refractivity contribution < 1.29 is 59.9 Å². The van der Waals surface area contributed by atoms with Crippen LogP contribution in [0.2, 0.25) is 0 Å². The summed E-state index contributed by atoms with van der Waals surface area (Å²) in [6, 6.07) is 0. The third kappa shape index (κ3) is 30.6. The SMILES string of the molecule is [2H][C-]=O.[CH3-].[W].[Y]. The minimum absolute atomic E-state index is 0. The molecule has 0 fully saturated rings. The molecule has 1 nitrogen and oxygen atoms in total. The van der Waals surface area contributed by atoms with E-state index in [0.717, 1.165) is 6.77 Å². The van der Waals surface area contributed by atoms with Gasteiger partial charge in [-0.25, -0.2) is 0 Å². The number of carbonyl (C=O) groups excluding carboxylic acids is 1. The maximum absolute atomic E-state index is 8.35. The van der Waals surface area contributed by atoms with Gasteiger partial charge in [0.05, 0.1) is 0 Å². The molecule has 0 bridgehead atoms. The molecule has 0 aliphatic heterocycles. The zero-order chi connectivity index (χ0) is 2.71. The molecule has 29 valence electrons. The van der Waals surface area contributed by atoms with Crippen LogP contribution in [0.15, 0.2) is 0 Å². The number of hydrogen-bond donors (Lipinski definition) is 0. The summed E-state index contributed by atoms with van der Waals surface area (Å²) in [4.78, 5) is 8.35. The molecule has 0 aliphatic carbocycles. The Hall–Kier alpha value is 1.46. The molecule has 0 amide bonds. The molecule has 0 N–H and O–H groups in total. The van der Waals surface area contributed by atoms with Gasteiger partial charge >= 0.3 is 0 Å². The largest absolute Gasteiger partial charge is 0.545 e. The molecule has 0 spiro atoms. The van der Waals surface area contributed by atoms with E-state index in [9.17, 15) is 0 Å². The van der Waals surface area contributed by atoms with Gasteiger partial charge in [-0.05, 0) is 0 Å². The van der Waals surface area contributed by atoms with Crippen LogP contribution in [0.1, 0.15) is 1.37 Å². The molecule has 0 rings (SSSR count). The van der Waals surface area contributed by atoms with E-state index in [1.807, 2.05) is 0 Å². The van der Waals surface area contributed by atoms with Gasteiger partial charge in [-0.3, -0.25) is 6.77 Å². The Bertz CT molecular complexity index is 21.0. The Balaban J connectivity index is -0.00000000667. The molecular formula is C2H4OWY-2. The van der Waals surface area contributed by atoms with Crippen LogP contribution in [0.5, 0.6) is 0 Å². The van der Waals surface area contributed by atoms with Gasteiger partial charge in [-0.1, -0.05) is 0 Å². The molecule has 0 aromatic heterocycles. The first-order chi connectivity index (χ1) is 1.41. The molecule has 0 aromatic carbocycles. The standard InChI is InChI=1S/CHO.CH3.W.Y/c1-2;;;/h1H;1H3;;/q2*-1;;/i1D;;;. The number of hydrogen-bond acceptors (Lipinski definition) is 1. The van der Waals surface area contributed by atoms with Crippen LogP contribution in [0.25, 0.3) is 0 Å². The van der Waals surface area contributed by atoms with Crippen molar-refractivity contribution in [2.45, 2.75) is 0 Å². The zero-order valence-electron chi connectivity index (χ0n) is 3.89. The Morgan fingerprint density at radius 1 is 1.80 bits per heavy atom. The second kappa shape index (κ2) is 50.9. The van der Waals surface area contributed by atoms with E-state index < -0.39 is 0 Å². The van der Waals surface area contributed by atoms with E-state index in [1.54, 1.807) is 0 Å². The molecule has 1 radical (unpaired) electrons. The van der Waals surface area contributed by atoms with E-state index in [-0.39, 0.29) is 61.2 Å². The molecule has 0 saturated carbocycles. The number of rotatable bonds is 0.